The molecule has 2 nitrogen and oxygen atoms in total. The van der Waals surface area contributed by atoms with Crippen LogP contribution in [-0.4, -0.2) is 16.9 Å². The third-order valence-electron chi connectivity index (χ3n) is 3.42. The third kappa shape index (κ3) is 3.59. The largest absolute Gasteiger partial charge is 0.369 e. The van der Waals surface area contributed by atoms with Crippen molar-refractivity contribution in [3.63, 3.8) is 0 Å². The molecule has 1 N–H and O–H groups in total. The van der Waals surface area contributed by atoms with Crippen LogP contribution >= 0.6 is 27.5 Å². The minimum absolute atomic E-state index is 0.398. The maximum absolute atomic E-state index is 6.10. The molecule has 0 unspecified atom stereocenters. The van der Waals surface area contributed by atoms with Crippen molar-refractivity contribution < 1.29 is 0 Å². The number of aryl methyl sites for hydroxylation is 1. The lowest BCUT2D eigenvalue weighted by Crippen LogP contribution is -2.21. The average Bonchev–Trinajstić information content (AvgIpc) is 2.33. The van der Waals surface area contributed by atoms with Gasteiger partial charge >= 0.3 is 0 Å². The molecule has 1 saturated carbocycles. The summed E-state index contributed by atoms with van der Waals surface area (Å²) in [5.74, 6) is 1.69. The maximum atomic E-state index is 6.10. The van der Waals surface area contributed by atoms with Crippen molar-refractivity contribution in [1.82, 2.24) is 4.98 Å². The standard InChI is InChI=1S/C13H18BrClN2/c1-9-6-7-16-13(12(9)14)17-8-10-2-4-11(15)5-3-10/h6-7,10-11H,2-5,8H2,1H3,(H,16,17). The molecule has 0 bridgehead atoms. The summed E-state index contributed by atoms with van der Waals surface area (Å²) in [7, 11) is 0. The number of anilines is 1. The van der Waals surface area contributed by atoms with E-state index in [4.69, 9.17) is 11.6 Å². The van der Waals surface area contributed by atoms with Crippen LogP contribution in [0.2, 0.25) is 0 Å². The van der Waals surface area contributed by atoms with Gasteiger partial charge in [-0.3, -0.25) is 0 Å². The Hall–Kier alpha value is -0.280. The Balaban J connectivity index is 1.87. The van der Waals surface area contributed by atoms with Crippen LogP contribution in [0.5, 0.6) is 0 Å². The monoisotopic (exact) mass is 316 g/mol. The Morgan fingerprint density at radius 2 is 2.12 bits per heavy atom. The molecule has 1 aromatic rings. The summed E-state index contributed by atoms with van der Waals surface area (Å²) in [5, 5.41) is 3.84. The van der Waals surface area contributed by atoms with E-state index in [1.807, 2.05) is 12.3 Å². The van der Waals surface area contributed by atoms with E-state index in [-0.39, 0.29) is 0 Å². The van der Waals surface area contributed by atoms with E-state index >= 15 is 0 Å². The van der Waals surface area contributed by atoms with E-state index in [0.29, 0.717) is 5.38 Å². The van der Waals surface area contributed by atoms with Gasteiger partial charge in [0.1, 0.15) is 5.82 Å². The van der Waals surface area contributed by atoms with E-state index in [2.05, 4.69) is 33.2 Å². The normalized spacial score (nSPS) is 24.6. The van der Waals surface area contributed by atoms with Gasteiger partial charge in [-0.05, 0) is 66.1 Å². The molecule has 1 aliphatic rings. The third-order valence-corrected chi connectivity index (χ3v) is 4.85. The molecule has 0 atom stereocenters. The van der Waals surface area contributed by atoms with Crippen molar-refractivity contribution in [3.05, 3.63) is 22.3 Å². The van der Waals surface area contributed by atoms with Crippen molar-refractivity contribution in [2.24, 2.45) is 5.92 Å². The first-order valence-electron chi connectivity index (χ1n) is 6.16. The van der Waals surface area contributed by atoms with Crippen LogP contribution in [0.25, 0.3) is 0 Å². The van der Waals surface area contributed by atoms with Crippen LogP contribution in [0.15, 0.2) is 16.7 Å². The van der Waals surface area contributed by atoms with Crippen molar-refractivity contribution in [2.75, 3.05) is 11.9 Å². The predicted octanol–water partition coefficient (Wildman–Crippen LogP) is 4.36. The molecular formula is C13H18BrClN2. The molecule has 0 amide bonds. The zero-order chi connectivity index (χ0) is 12.3. The van der Waals surface area contributed by atoms with Gasteiger partial charge in [-0.1, -0.05) is 0 Å². The van der Waals surface area contributed by atoms with Gasteiger partial charge in [0.15, 0.2) is 0 Å². The first kappa shape index (κ1) is 13.2. The molecule has 1 heterocycles. The highest BCUT2D eigenvalue weighted by Crippen LogP contribution is 2.29. The van der Waals surface area contributed by atoms with Gasteiger partial charge in [-0.25, -0.2) is 4.98 Å². The number of alkyl halides is 1. The van der Waals surface area contributed by atoms with E-state index in [9.17, 15) is 0 Å². The lowest BCUT2D eigenvalue weighted by atomic mass is 9.89. The molecule has 0 aromatic carbocycles. The molecule has 94 valence electrons. The SMILES string of the molecule is Cc1ccnc(NCC2CCC(Cl)CC2)c1Br. The Kier molecular flexibility index (Phi) is 4.69. The summed E-state index contributed by atoms with van der Waals surface area (Å²) in [6.45, 7) is 3.08. The number of hydrogen-bond acceptors (Lipinski definition) is 2. The van der Waals surface area contributed by atoms with Gasteiger partial charge in [-0.15, -0.1) is 11.6 Å². The molecule has 0 saturated heterocycles. The molecule has 0 spiro atoms. The van der Waals surface area contributed by atoms with Gasteiger partial charge in [0, 0.05) is 18.1 Å². The lowest BCUT2D eigenvalue weighted by Gasteiger charge is -2.25. The van der Waals surface area contributed by atoms with Crippen LogP contribution in [-0.2, 0) is 0 Å². The second-order valence-electron chi connectivity index (χ2n) is 4.79. The highest BCUT2D eigenvalue weighted by atomic mass is 79.9. The van der Waals surface area contributed by atoms with E-state index < -0.39 is 0 Å². The summed E-state index contributed by atoms with van der Waals surface area (Å²) in [5.41, 5.74) is 1.21. The number of nitrogens with zero attached hydrogens (tertiary/aromatic N) is 1. The number of nitrogens with one attached hydrogen (secondary N) is 1. The zero-order valence-corrected chi connectivity index (χ0v) is 12.4. The molecule has 17 heavy (non-hydrogen) atoms. The minimum atomic E-state index is 0.398. The van der Waals surface area contributed by atoms with Crippen molar-refractivity contribution in [3.8, 4) is 0 Å². The first-order chi connectivity index (χ1) is 8.16. The highest BCUT2D eigenvalue weighted by Gasteiger charge is 2.19. The van der Waals surface area contributed by atoms with Crippen LogP contribution in [0, 0.1) is 12.8 Å². The molecule has 1 fully saturated rings. The van der Waals surface area contributed by atoms with Crippen LogP contribution in [0.3, 0.4) is 0 Å². The Morgan fingerprint density at radius 1 is 1.41 bits per heavy atom. The summed E-state index contributed by atoms with van der Waals surface area (Å²) < 4.78 is 1.08. The highest BCUT2D eigenvalue weighted by molar-refractivity contribution is 9.10. The van der Waals surface area contributed by atoms with Crippen molar-refractivity contribution in [2.45, 2.75) is 38.0 Å². The Bertz CT molecular complexity index is 376. The van der Waals surface area contributed by atoms with Crippen LogP contribution in [0.4, 0.5) is 5.82 Å². The topological polar surface area (TPSA) is 24.9 Å². The lowest BCUT2D eigenvalue weighted by molar-refractivity contribution is 0.377. The molecular weight excluding hydrogens is 300 g/mol. The molecule has 4 heteroatoms. The quantitative estimate of drug-likeness (QED) is 0.838. The molecule has 0 radical (unpaired) electrons. The number of pyridine rings is 1. The summed E-state index contributed by atoms with van der Waals surface area (Å²) in [4.78, 5) is 4.35. The van der Waals surface area contributed by atoms with Gasteiger partial charge in [0.25, 0.3) is 0 Å². The molecule has 1 aromatic heterocycles. The van der Waals surface area contributed by atoms with Gasteiger partial charge in [0.05, 0.1) is 4.47 Å². The number of halogens is 2. The molecule has 1 aliphatic carbocycles. The Morgan fingerprint density at radius 3 is 2.82 bits per heavy atom. The fourth-order valence-electron chi connectivity index (χ4n) is 2.23. The minimum Gasteiger partial charge on any atom is -0.369 e. The van der Waals surface area contributed by atoms with E-state index in [1.54, 1.807) is 0 Å². The fourth-order valence-corrected chi connectivity index (χ4v) is 2.86. The van der Waals surface area contributed by atoms with Crippen molar-refractivity contribution >= 4 is 33.3 Å². The number of aromatic nitrogens is 1. The van der Waals surface area contributed by atoms with E-state index in [1.165, 1.54) is 18.4 Å². The van der Waals surface area contributed by atoms with E-state index in [0.717, 1.165) is 35.6 Å². The van der Waals surface area contributed by atoms with Crippen molar-refractivity contribution in [1.29, 1.82) is 0 Å². The second kappa shape index (κ2) is 6.05. The van der Waals surface area contributed by atoms with Gasteiger partial charge in [0.2, 0.25) is 0 Å². The second-order valence-corrected chi connectivity index (χ2v) is 6.20. The molecule has 0 aliphatic heterocycles. The fraction of sp³-hybridized carbons (Fsp3) is 0.615. The predicted molar refractivity (Wildman–Crippen MR) is 76.8 cm³/mol. The number of hydrogen-bond donors (Lipinski definition) is 1. The number of rotatable bonds is 3. The summed E-state index contributed by atoms with van der Waals surface area (Å²) >= 11 is 9.67. The van der Waals surface area contributed by atoms with Crippen LogP contribution < -0.4 is 5.32 Å². The summed E-state index contributed by atoms with van der Waals surface area (Å²) in [6, 6.07) is 2.01. The first-order valence-corrected chi connectivity index (χ1v) is 7.39. The van der Waals surface area contributed by atoms with Crippen LogP contribution in [0.1, 0.15) is 31.2 Å². The molecule has 2 rings (SSSR count). The summed E-state index contributed by atoms with van der Waals surface area (Å²) in [6.07, 6.45) is 6.60. The smallest absolute Gasteiger partial charge is 0.140 e. The van der Waals surface area contributed by atoms with Gasteiger partial charge < -0.3 is 5.32 Å². The Labute approximate surface area is 116 Å². The average molecular weight is 318 g/mol. The van der Waals surface area contributed by atoms with Gasteiger partial charge in [-0.2, -0.15) is 0 Å². The maximum Gasteiger partial charge on any atom is 0.140 e. The zero-order valence-electron chi connectivity index (χ0n) is 10.0.